The number of H-pyrrole nitrogens is 1. The van der Waals surface area contributed by atoms with Crippen molar-refractivity contribution in [2.24, 2.45) is 0 Å². The first-order valence-corrected chi connectivity index (χ1v) is 8.26. The molecule has 0 aliphatic rings. The number of imidazole rings is 1. The second-order valence-corrected chi connectivity index (χ2v) is 5.86. The molecule has 0 unspecified atom stereocenters. The van der Waals surface area contributed by atoms with Crippen LogP contribution in [-0.4, -0.2) is 29.3 Å². The van der Waals surface area contributed by atoms with Crippen LogP contribution in [0.4, 0.5) is 0 Å². The van der Waals surface area contributed by atoms with E-state index in [2.05, 4.69) is 22.6 Å². The fourth-order valence-electron chi connectivity index (χ4n) is 2.80. The summed E-state index contributed by atoms with van der Waals surface area (Å²) < 4.78 is 10.4. The molecule has 2 aromatic carbocycles. The van der Waals surface area contributed by atoms with Gasteiger partial charge in [0, 0.05) is 11.6 Å². The molecule has 1 aromatic heterocycles. The van der Waals surface area contributed by atoms with Crippen molar-refractivity contribution in [1.82, 2.24) is 9.97 Å². The van der Waals surface area contributed by atoms with Crippen LogP contribution in [0, 0.1) is 11.3 Å². The van der Waals surface area contributed by atoms with Crippen molar-refractivity contribution in [2.75, 3.05) is 14.2 Å². The van der Waals surface area contributed by atoms with Gasteiger partial charge in [-0.15, -0.1) is 6.58 Å². The molecule has 2 N–H and O–H groups in total. The number of phenols is 1. The maximum atomic E-state index is 10.2. The van der Waals surface area contributed by atoms with E-state index in [1.807, 2.05) is 18.2 Å². The molecule has 0 saturated carbocycles. The molecule has 0 aliphatic carbocycles. The van der Waals surface area contributed by atoms with E-state index in [0.717, 1.165) is 16.6 Å². The molecule has 3 rings (SSSR count). The van der Waals surface area contributed by atoms with Gasteiger partial charge in [0.15, 0.2) is 11.5 Å². The maximum Gasteiger partial charge on any atom is 0.161 e. The summed E-state index contributed by atoms with van der Waals surface area (Å²) in [5.74, 6) is 1.58. The first kappa shape index (κ1) is 18.1. The van der Waals surface area contributed by atoms with E-state index in [1.54, 1.807) is 31.4 Å². The van der Waals surface area contributed by atoms with E-state index < -0.39 is 0 Å². The highest BCUT2D eigenvalue weighted by atomic mass is 16.5. The fourth-order valence-corrected chi connectivity index (χ4v) is 2.80. The molecular weight excluding hydrogens is 342 g/mol. The average Bonchev–Trinajstić information content (AvgIpc) is 3.11. The summed E-state index contributed by atoms with van der Waals surface area (Å²) in [5, 5.41) is 19.8. The molecule has 0 spiro atoms. The second kappa shape index (κ2) is 7.67. The third kappa shape index (κ3) is 3.62. The highest BCUT2D eigenvalue weighted by Gasteiger charge is 2.12. The fraction of sp³-hybridized carbons (Fsp3) is 0.143. The number of nitriles is 1. The number of fused-ring (bicyclic) bond motifs is 1. The van der Waals surface area contributed by atoms with Crippen LogP contribution in [-0.2, 0) is 6.42 Å². The van der Waals surface area contributed by atoms with Gasteiger partial charge in [0.05, 0.1) is 30.8 Å². The van der Waals surface area contributed by atoms with Crippen molar-refractivity contribution in [3.8, 4) is 23.3 Å². The average molecular weight is 361 g/mol. The van der Waals surface area contributed by atoms with Crippen LogP contribution >= 0.6 is 0 Å². The molecular formula is C21H19N3O3. The van der Waals surface area contributed by atoms with Crippen LogP contribution < -0.4 is 9.47 Å². The first-order chi connectivity index (χ1) is 13.1. The van der Waals surface area contributed by atoms with Crippen molar-refractivity contribution in [3.05, 3.63) is 59.9 Å². The van der Waals surface area contributed by atoms with Crippen molar-refractivity contribution in [3.63, 3.8) is 0 Å². The highest BCUT2D eigenvalue weighted by Crippen LogP contribution is 2.33. The van der Waals surface area contributed by atoms with Crippen LogP contribution in [0.5, 0.6) is 17.2 Å². The number of aromatic amines is 1. The van der Waals surface area contributed by atoms with E-state index in [-0.39, 0.29) is 5.75 Å². The molecule has 1 heterocycles. The molecule has 0 aliphatic heterocycles. The minimum atomic E-state index is 0.0730. The molecule has 0 radical (unpaired) electrons. The standard InChI is InChI=1S/C21H19N3O3/c1-4-5-14-8-13(10-19(27-3)20(14)25)9-15(12-22)21-23-17-7-6-16(26-2)11-18(17)24-21/h4,6-11,25H,1,5H2,2-3H3,(H,23,24)/b15-9-. The van der Waals surface area contributed by atoms with Gasteiger partial charge in [0.1, 0.15) is 17.6 Å². The molecule has 0 fully saturated rings. The Labute approximate surface area is 157 Å². The summed E-state index contributed by atoms with van der Waals surface area (Å²) in [7, 11) is 3.08. The molecule has 0 saturated heterocycles. The molecule has 0 atom stereocenters. The van der Waals surface area contributed by atoms with Crippen molar-refractivity contribution in [1.29, 1.82) is 5.26 Å². The quantitative estimate of drug-likeness (QED) is 0.510. The molecule has 0 bridgehead atoms. The van der Waals surface area contributed by atoms with E-state index in [9.17, 15) is 10.4 Å². The van der Waals surface area contributed by atoms with E-state index >= 15 is 0 Å². The van der Waals surface area contributed by atoms with Gasteiger partial charge in [-0.2, -0.15) is 5.26 Å². The number of aromatic nitrogens is 2. The zero-order chi connectivity index (χ0) is 19.4. The number of hydrogen-bond donors (Lipinski definition) is 2. The third-order valence-corrected chi connectivity index (χ3v) is 4.14. The number of aromatic hydroxyl groups is 1. The van der Waals surface area contributed by atoms with Crippen LogP contribution in [0.1, 0.15) is 17.0 Å². The number of rotatable bonds is 6. The summed E-state index contributed by atoms with van der Waals surface area (Å²) in [4.78, 5) is 7.62. The Morgan fingerprint density at radius 3 is 2.78 bits per heavy atom. The SMILES string of the molecule is C=CCc1cc(/C=C(/C#N)c2nc3ccc(OC)cc3[nH]2)cc(OC)c1O. The number of benzene rings is 2. The number of nitrogens with zero attached hydrogens (tertiary/aromatic N) is 2. The molecule has 3 aromatic rings. The summed E-state index contributed by atoms with van der Waals surface area (Å²) in [6, 6.07) is 11.1. The van der Waals surface area contributed by atoms with Gasteiger partial charge in [-0.3, -0.25) is 0 Å². The number of ether oxygens (including phenoxy) is 2. The zero-order valence-electron chi connectivity index (χ0n) is 15.1. The molecule has 27 heavy (non-hydrogen) atoms. The van der Waals surface area contributed by atoms with Crippen molar-refractivity contribution < 1.29 is 14.6 Å². The van der Waals surface area contributed by atoms with Crippen LogP contribution in [0.3, 0.4) is 0 Å². The van der Waals surface area contributed by atoms with Crippen LogP contribution in [0.15, 0.2) is 43.0 Å². The minimum Gasteiger partial charge on any atom is -0.504 e. The second-order valence-electron chi connectivity index (χ2n) is 5.86. The zero-order valence-corrected chi connectivity index (χ0v) is 15.1. The normalized spacial score (nSPS) is 11.2. The predicted octanol–water partition coefficient (Wildman–Crippen LogP) is 4.08. The number of nitrogens with one attached hydrogen (secondary N) is 1. The lowest BCUT2D eigenvalue weighted by Gasteiger charge is -2.09. The maximum absolute atomic E-state index is 10.2. The van der Waals surface area contributed by atoms with Gasteiger partial charge in [0.2, 0.25) is 0 Å². The molecule has 0 amide bonds. The van der Waals surface area contributed by atoms with Gasteiger partial charge in [-0.05, 0) is 42.3 Å². The number of hydrogen-bond acceptors (Lipinski definition) is 5. The first-order valence-electron chi connectivity index (χ1n) is 8.26. The van der Waals surface area contributed by atoms with Gasteiger partial charge in [-0.1, -0.05) is 6.08 Å². The Bertz CT molecular complexity index is 1070. The Balaban J connectivity index is 2.07. The van der Waals surface area contributed by atoms with Gasteiger partial charge >= 0.3 is 0 Å². The van der Waals surface area contributed by atoms with Crippen LogP contribution in [0.25, 0.3) is 22.7 Å². The summed E-state index contributed by atoms with van der Waals surface area (Å²) in [6.07, 6.45) is 3.87. The van der Waals surface area contributed by atoms with Gasteiger partial charge in [0.25, 0.3) is 0 Å². The van der Waals surface area contributed by atoms with Gasteiger partial charge < -0.3 is 19.6 Å². The van der Waals surface area contributed by atoms with Gasteiger partial charge in [-0.25, -0.2) is 4.98 Å². The lowest BCUT2D eigenvalue weighted by molar-refractivity contribution is 0.371. The lowest BCUT2D eigenvalue weighted by Crippen LogP contribution is -1.92. The minimum absolute atomic E-state index is 0.0730. The Hall–Kier alpha value is -3.72. The molecule has 6 nitrogen and oxygen atoms in total. The van der Waals surface area contributed by atoms with E-state index in [4.69, 9.17) is 9.47 Å². The third-order valence-electron chi connectivity index (χ3n) is 4.14. The topological polar surface area (TPSA) is 91.2 Å². The molecule has 136 valence electrons. The summed E-state index contributed by atoms with van der Waals surface area (Å²) in [6.45, 7) is 3.70. The van der Waals surface area contributed by atoms with E-state index in [0.29, 0.717) is 34.9 Å². The van der Waals surface area contributed by atoms with Crippen molar-refractivity contribution in [2.45, 2.75) is 6.42 Å². The Morgan fingerprint density at radius 1 is 1.30 bits per heavy atom. The number of allylic oxidation sites excluding steroid dienone is 2. The van der Waals surface area contributed by atoms with E-state index in [1.165, 1.54) is 7.11 Å². The summed E-state index contributed by atoms with van der Waals surface area (Å²) >= 11 is 0. The monoisotopic (exact) mass is 361 g/mol. The smallest absolute Gasteiger partial charge is 0.161 e. The number of phenolic OH excluding ortho intramolecular Hbond substituents is 1. The largest absolute Gasteiger partial charge is 0.504 e. The molecule has 6 heteroatoms. The number of methoxy groups -OCH3 is 2. The lowest BCUT2D eigenvalue weighted by atomic mass is 10.0. The van der Waals surface area contributed by atoms with Crippen LogP contribution in [0.2, 0.25) is 0 Å². The Kier molecular flexibility index (Phi) is 5.13. The Morgan fingerprint density at radius 2 is 2.11 bits per heavy atom. The summed E-state index contributed by atoms with van der Waals surface area (Å²) in [5.41, 5.74) is 3.27. The van der Waals surface area contributed by atoms with Crippen molar-refractivity contribution >= 4 is 22.7 Å². The predicted molar refractivity (Wildman–Crippen MR) is 105 cm³/mol. The highest BCUT2D eigenvalue weighted by molar-refractivity contribution is 5.90.